The van der Waals surface area contributed by atoms with Crippen LogP contribution in [0.15, 0.2) is 4.99 Å². The Kier molecular flexibility index (Phi) is 3.23. The highest BCUT2D eigenvalue weighted by Gasteiger charge is 2.51. The third-order valence-electron chi connectivity index (χ3n) is 3.11. The second-order valence-electron chi connectivity index (χ2n) is 4.32. The first-order chi connectivity index (χ1) is 7.97. The zero-order valence-corrected chi connectivity index (χ0v) is 9.19. The van der Waals surface area contributed by atoms with Crippen LogP contribution in [0.25, 0.3) is 0 Å². The van der Waals surface area contributed by atoms with Crippen LogP contribution in [0.2, 0.25) is 0 Å². The van der Waals surface area contributed by atoms with Crippen LogP contribution in [0.3, 0.4) is 0 Å². The van der Waals surface area contributed by atoms with Gasteiger partial charge in [-0.2, -0.15) is 0 Å². The van der Waals surface area contributed by atoms with Crippen molar-refractivity contribution in [3.8, 4) is 0 Å². The van der Waals surface area contributed by atoms with Crippen molar-refractivity contribution in [3.63, 3.8) is 0 Å². The Balaban J connectivity index is 2.23. The topological polar surface area (TPSA) is 129 Å². The van der Waals surface area contributed by atoms with Crippen molar-refractivity contribution >= 4 is 5.96 Å². The molecule has 0 unspecified atom stereocenters. The molecule has 0 saturated carbocycles. The van der Waals surface area contributed by atoms with Gasteiger partial charge in [0.2, 0.25) is 5.79 Å². The van der Waals surface area contributed by atoms with Gasteiger partial charge in [0, 0.05) is 6.54 Å². The number of nitrogens with one attached hydrogen (secondary N) is 1. The molecule has 8 nitrogen and oxygen atoms in total. The number of hydrogen-bond acceptors (Lipinski definition) is 8. The van der Waals surface area contributed by atoms with Crippen LogP contribution >= 0.6 is 0 Å². The predicted molar refractivity (Wildman–Crippen MR) is 57.1 cm³/mol. The van der Waals surface area contributed by atoms with E-state index in [-0.39, 0.29) is 6.54 Å². The molecule has 1 saturated heterocycles. The molecule has 2 aliphatic rings. The maximum Gasteiger partial charge on any atom is 0.210 e. The van der Waals surface area contributed by atoms with Crippen molar-refractivity contribution in [1.82, 2.24) is 10.2 Å². The second kappa shape index (κ2) is 4.39. The fourth-order valence-corrected chi connectivity index (χ4v) is 2.15. The first-order valence-electron chi connectivity index (χ1n) is 5.44. The number of piperidine rings is 1. The third-order valence-corrected chi connectivity index (χ3v) is 3.11. The average molecular weight is 247 g/mol. The quantitative estimate of drug-likeness (QED) is 0.261. The first kappa shape index (κ1) is 12.5. The maximum atomic E-state index is 9.75. The van der Waals surface area contributed by atoms with Crippen molar-refractivity contribution in [2.24, 2.45) is 4.99 Å². The van der Waals surface area contributed by atoms with Crippen molar-refractivity contribution in [2.75, 3.05) is 26.2 Å². The van der Waals surface area contributed by atoms with Gasteiger partial charge in [-0.1, -0.05) is 0 Å². The Morgan fingerprint density at radius 2 is 2.12 bits per heavy atom. The summed E-state index contributed by atoms with van der Waals surface area (Å²) in [5.74, 6) is -2.04. The Bertz CT molecular complexity index is 322. The molecule has 0 aliphatic carbocycles. The molecule has 2 heterocycles. The van der Waals surface area contributed by atoms with Gasteiger partial charge in [-0.05, 0) is 0 Å². The zero-order valence-electron chi connectivity index (χ0n) is 9.19. The highest BCUT2D eigenvalue weighted by molar-refractivity contribution is 5.82. The van der Waals surface area contributed by atoms with E-state index in [4.69, 9.17) is 0 Å². The van der Waals surface area contributed by atoms with E-state index in [1.54, 1.807) is 0 Å². The van der Waals surface area contributed by atoms with E-state index < -0.39 is 30.6 Å². The van der Waals surface area contributed by atoms with Crippen LogP contribution in [0.5, 0.6) is 0 Å². The standard InChI is InChI=1S/C9H17N3O5/c13-3-5-6(14)7(15)9(16,17)4-12(5)8-10-1-2-11-8/h5-7,13-17H,1-4H2,(H,10,11)/t5-,6+,7-/m0/s1. The monoisotopic (exact) mass is 247 g/mol. The summed E-state index contributed by atoms with van der Waals surface area (Å²) in [6.45, 7) is 0.413. The van der Waals surface area contributed by atoms with Gasteiger partial charge in [0.25, 0.3) is 0 Å². The Morgan fingerprint density at radius 3 is 2.65 bits per heavy atom. The van der Waals surface area contributed by atoms with Crippen LogP contribution in [-0.2, 0) is 0 Å². The van der Waals surface area contributed by atoms with E-state index in [0.717, 1.165) is 0 Å². The van der Waals surface area contributed by atoms with Crippen molar-refractivity contribution in [3.05, 3.63) is 0 Å². The van der Waals surface area contributed by atoms with Gasteiger partial charge in [0.05, 0.1) is 25.7 Å². The number of β-amino-alcohol motifs (C(OH)–C–C–N with tert-alkyl or cyclic N) is 2. The summed E-state index contributed by atoms with van der Waals surface area (Å²) in [6, 6.07) is -0.818. The minimum absolute atomic E-state index is 0.331. The Morgan fingerprint density at radius 1 is 1.41 bits per heavy atom. The molecular formula is C9H17N3O5. The normalized spacial score (nSPS) is 36.6. The van der Waals surface area contributed by atoms with E-state index >= 15 is 0 Å². The van der Waals surface area contributed by atoms with E-state index in [1.807, 2.05) is 0 Å². The highest BCUT2D eigenvalue weighted by atomic mass is 16.5. The van der Waals surface area contributed by atoms with Gasteiger partial charge >= 0.3 is 0 Å². The Labute approximate surface area is 97.8 Å². The van der Waals surface area contributed by atoms with E-state index in [1.165, 1.54) is 4.90 Å². The fourth-order valence-electron chi connectivity index (χ4n) is 2.15. The summed E-state index contributed by atoms with van der Waals surface area (Å²) >= 11 is 0. The molecule has 0 aromatic carbocycles. The number of likely N-dealkylation sites (tertiary alicyclic amines) is 1. The van der Waals surface area contributed by atoms with E-state index in [0.29, 0.717) is 19.0 Å². The number of guanidine groups is 1. The molecule has 0 bridgehead atoms. The summed E-state index contributed by atoms with van der Waals surface area (Å²) in [4.78, 5) is 5.45. The van der Waals surface area contributed by atoms with Crippen LogP contribution in [0.4, 0.5) is 0 Å². The number of nitrogens with zero attached hydrogens (tertiary/aromatic N) is 2. The molecule has 2 aliphatic heterocycles. The maximum absolute atomic E-state index is 9.75. The lowest BCUT2D eigenvalue weighted by atomic mass is 9.92. The summed E-state index contributed by atoms with van der Waals surface area (Å²) in [6.07, 6.45) is -3.19. The van der Waals surface area contributed by atoms with Crippen LogP contribution < -0.4 is 5.32 Å². The minimum atomic E-state index is -2.43. The summed E-state index contributed by atoms with van der Waals surface area (Å²) in [5, 5.41) is 50.6. The molecule has 6 N–H and O–H groups in total. The third kappa shape index (κ3) is 2.09. The molecule has 0 aromatic heterocycles. The van der Waals surface area contributed by atoms with E-state index in [9.17, 15) is 25.5 Å². The summed E-state index contributed by atoms with van der Waals surface area (Å²) < 4.78 is 0. The lowest BCUT2D eigenvalue weighted by Crippen LogP contribution is -2.70. The molecule has 0 amide bonds. The number of rotatable bonds is 1. The molecule has 17 heavy (non-hydrogen) atoms. The van der Waals surface area contributed by atoms with Crippen LogP contribution in [0, 0.1) is 0 Å². The SMILES string of the molecule is OC[C@H]1[C@@H](O)[C@H](O)C(O)(O)CN1C1=NCCN1. The second-order valence-corrected chi connectivity index (χ2v) is 4.32. The molecular weight excluding hydrogens is 230 g/mol. The summed E-state index contributed by atoms with van der Waals surface area (Å²) in [5.41, 5.74) is 0. The van der Waals surface area contributed by atoms with Gasteiger partial charge in [-0.15, -0.1) is 0 Å². The number of hydrogen-bond donors (Lipinski definition) is 6. The number of aliphatic hydroxyl groups excluding tert-OH is 3. The summed E-state index contributed by atoms with van der Waals surface area (Å²) in [7, 11) is 0. The van der Waals surface area contributed by atoms with Gasteiger partial charge in [0.15, 0.2) is 5.96 Å². The largest absolute Gasteiger partial charge is 0.394 e. The van der Waals surface area contributed by atoms with Crippen molar-refractivity contribution in [1.29, 1.82) is 0 Å². The molecule has 0 spiro atoms. The van der Waals surface area contributed by atoms with E-state index in [2.05, 4.69) is 10.3 Å². The number of aliphatic hydroxyl groups is 5. The van der Waals surface area contributed by atoms with Crippen molar-refractivity contribution < 1.29 is 25.5 Å². The first-order valence-corrected chi connectivity index (χ1v) is 5.44. The lowest BCUT2D eigenvalue weighted by Gasteiger charge is -2.47. The smallest absolute Gasteiger partial charge is 0.210 e. The predicted octanol–water partition coefficient (Wildman–Crippen LogP) is -3.98. The van der Waals surface area contributed by atoms with Gasteiger partial charge < -0.3 is 35.7 Å². The number of aliphatic imine (C=N–C) groups is 1. The van der Waals surface area contributed by atoms with Gasteiger partial charge in [-0.25, -0.2) is 0 Å². The highest BCUT2D eigenvalue weighted by Crippen LogP contribution is 2.25. The Hall–Kier alpha value is -0.930. The molecule has 0 aromatic rings. The zero-order chi connectivity index (χ0) is 12.6. The molecule has 3 atom stereocenters. The fraction of sp³-hybridized carbons (Fsp3) is 0.889. The molecule has 1 fully saturated rings. The molecule has 98 valence electrons. The van der Waals surface area contributed by atoms with Gasteiger partial charge in [0.1, 0.15) is 12.2 Å². The van der Waals surface area contributed by atoms with Gasteiger partial charge in [-0.3, -0.25) is 4.99 Å². The lowest BCUT2D eigenvalue weighted by molar-refractivity contribution is -0.280. The molecule has 2 rings (SSSR count). The van der Waals surface area contributed by atoms with Crippen molar-refractivity contribution in [2.45, 2.75) is 24.0 Å². The average Bonchev–Trinajstić information content (AvgIpc) is 2.79. The molecule has 8 heteroatoms. The van der Waals surface area contributed by atoms with Crippen LogP contribution in [0.1, 0.15) is 0 Å². The minimum Gasteiger partial charge on any atom is -0.394 e. The van der Waals surface area contributed by atoms with Crippen LogP contribution in [-0.4, -0.2) is 86.7 Å². The molecule has 0 radical (unpaired) electrons.